The third kappa shape index (κ3) is 3.74. The Morgan fingerprint density at radius 2 is 2.00 bits per heavy atom. The molecule has 8 nitrogen and oxygen atoms in total. The Balaban J connectivity index is 1.32. The molecule has 1 unspecified atom stereocenters. The molecule has 1 saturated carbocycles. The first-order valence-electron chi connectivity index (χ1n) is 11.3. The lowest BCUT2D eigenvalue weighted by Crippen LogP contribution is -2.32. The minimum absolute atomic E-state index is 0.0422. The zero-order chi connectivity index (χ0) is 22.4. The van der Waals surface area contributed by atoms with Gasteiger partial charge in [0.05, 0.1) is 5.52 Å². The molecular weight excluding hydrogens is 404 g/mol. The van der Waals surface area contributed by atoms with E-state index < -0.39 is 0 Å². The van der Waals surface area contributed by atoms with Gasteiger partial charge < -0.3 is 9.84 Å². The molecule has 0 radical (unpaired) electrons. The standard InChI is InChI=1S/C24H28N6O2/c1-13(2)21(24-27-22(29-32-24)16-9-10-16)26-20(31)12-11-17-14(3)25-23-18-7-5-6-8-19(18)28-30(23)15(17)4/h5-8,13,16,21H,9-12H2,1-4H3,(H,26,31). The van der Waals surface area contributed by atoms with Crippen LogP contribution in [0.5, 0.6) is 0 Å². The van der Waals surface area contributed by atoms with E-state index in [0.29, 0.717) is 24.7 Å². The smallest absolute Gasteiger partial charge is 0.249 e. The number of aryl methyl sites for hydroxylation is 2. The maximum absolute atomic E-state index is 12.8. The molecule has 1 aromatic carbocycles. The van der Waals surface area contributed by atoms with Crippen molar-refractivity contribution in [3.05, 3.63) is 52.9 Å². The lowest BCUT2D eigenvalue weighted by Gasteiger charge is -2.19. The highest BCUT2D eigenvalue weighted by Gasteiger charge is 2.31. The summed E-state index contributed by atoms with van der Waals surface area (Å²) in [4.78, 5) is 22.2. The molecule has 166 valence electrons. The first kappa shape index (κ1) is 20.6. The summed E-state index contributed by atoms with van der Waals surface area (Å²) in [5.74, 6) is 1.78. The van der Waals surface area contributed by atoms with E-state index in [1.165, 1.54) is 0 Å². The van der Waals surface area contributed by atoms with Crippen molar-refractivity contribution < 1.29 is 9.32 Å². The van der Waals surface area contributed by atoms with Gasteiger partial charge in [0.15, 0.2) is 11.5 Å². The third-order valence-corrected chi connectivity index (χ3v) is 6.27. The Hall–Kier alpha value is -3.29. The van der Waals surface area contributed by atoms with E-state index >= 15 is 0 Å². The minimum Gasteiger partial charge on any atom is -0.344 e. The van der Waals surface area contributed by atoms with E-state index in [1.807, 2.05) is 56.5 Å². The molecule has 1 fully saturated rings. The van der Waals surface area contributed by atoms with E-state index in [0.717, 1.165) is 52.2 Å². The maximum atomic E-state index is 12.8. The summed E-state index contributed by atoms with van der Waals surface area (Å²) in [5, 5.41) is 12.9. The Kier molecular flexibility index (Phi) is 5.15. The minimum atomic E-state index is -0.290. The molecule has 1 atom stereocenters. The van der Waals surface area contributed by atoms with Gasteiger partial charge in [0, 0.05) is 29.1 Å². The monoisotopic (exact) mass is 432 g/mol. The average Bonchev–Trinajstić information content (AvgIpc) is 3.39. The maximum Gasteiger partial charge on any atom is 0.249 e. The van der Waals surface area contributed by atoms with Gasteiger partial charge in [0.2, 0.25) is 11.8 Å². The van der Waals surface area contributed by atoms with E-state index in [9.17, 15) is 4.79 Å². The Labute approximate surface area is 186 Å². The van der Waals surface area contributed by atoms with Crippen LogP contribution in [0.4, 0.5) is 0 Å². The molecule has 0 spiro atoms. The second-order valence-electron chi connectivity index (χ2n) is 9.07. The summed E-state index contributed by atoms with van der Waals surface area (Å²) >= 11 is 0. The van der Waals surface area contributed by atoms with Crippen LogP contribution >= 0.6 is 0 Å². The lowest BCUT2D eigenvalue weighted by molar-refractivity contribution is -0.122. The molecule has 0 saturated heterocycles. The second kappa shape index (κ2) is 8.00. The summed E-state index contributed by atoms with van der Waals surface area (Å²) < 4.78 is 7.36. The molecule has 3 aromatic heterocycles. The fourth-order valence-electron chi connectivity index (χ4n) is 4.22. The Morgan fingerprint density at radius 3 is 2.75 bits per heavy atom. The molecule has 3 heterocycles. The molecule has 5 rings (SSSR count). The number of nitrogens with zero attached hydrogens (tertiary/aromatic N) is 5. The van der Waals surface area contributed by atoms with Gasteiger partial charge in [-0.3, -0.25) is 4.79 Å². The zero-order valence-electron chi connectivity index (χ0n) is 18.9. The zero-order valence-corrected chi connectivity index (χ0v) is 18.9. The second-order valence-corrected chi connectivity index (χ2v) is 9.07. The molecule has 0 aliphatic heterocycles. The Morgan fingerprint density at radius 1 is 1.22 bits per heavy atom. The summed E-state index contributed by atoms with van der Waals surface area (Å²) in [6, 6.07) is 7.71. The molecule has 8 heteroatoms. The SMILES string of the molecule is Cc1nc2c3ccccc3nn2c(C)c1CCC(=O)NC(c1nc(C2CC2)no1)C(C)C. The molecule has 1 N–H and O–H groups in total. The quantitative estimate of drug-likeness (QED) is 0.470. The molecule has 1 aliphatic rings. The van der Waals surface area contributed by atoms with E-state index in [-0.39, 0.29) is 17.9 Å². The van der Waals surface area contributed by atoms with Crippen molar-refractivity contribution in [2.45, 2.75) is 65.3 Å². The first-order valence-corrected chi connectivity index (χ1v) is 11.3. The number of carbonyl (C=O) groups is 1. The molecule has 4 aromatic rings. The summed E-state index contributed by atoms with van der Waals surface area (Å²) in [7, 11) is 0. The third-order valence-electron chi connectivity index (χ3n) is 6.27. The van der Waals surface area contributed by atoms with Gasteiger partial charge in [-0.2, -0.15) is 10.1 Å². The van der Waals surface area contributed by atoms with Gasteiger partial charge >= 0.3 is 0 Å². The van der Waals surface area contributed by atoms with Crippen LogP contribution in [0.15, 0.2) is 28.8 Å². The number of benzene rings is 1. The summed E-state index contributed by atoms with van der Waals surface area (Å²) in [6.07, 6.45) is 3.16. The highest BCUT2D eigenvalue weighted by Crippen LogP contribution is 2.38. The molecular formula is C24H28N6O2. The molecule has 0 bridgehead atoms. The molecule has 32 heavy (non-hydrogen) atoms. The van der Waals surface area contributed by atoms with Crippen LogP contribution in [-0.2, 0) is 11.2 Å². The van der Waals surface area contributed by atoms with Gasteiger partial charge in [-0.05, 0) is 56.7 Å². The number of amides is 1. The van der Waals surface area contributed by atoms with Crippen LogP contribution in [0, 0.1) is 19.8 Å². The van der Waals surface area contributed by atoms with Crippen LogP contribution in [0.1, 0.15) is 73.7 Å². The van der Waals surface area contributed by atoms with Gasteiger partial charge in [0.1, 0.15) is 6.04 Å². The van der Waals surface area contributed by atoms with Gasteiger partial charge in [-0.25, -0.2) is 9.50 Å². The van der Waals surface area contributed by atoms with Crippen LogP contribution in [0.3, 0.4) is 0 Å². The fourth-order valence-corrected chi connectivity index (χ4v) is 4.22. The van der Waals surface area contributed by atoms with Crippen molar-refractivity contribution in [2.75, 3.05) is 0 Å². The van der Waals surface area contributed by atoms with Crippen molar-refractivity contribution in [1.82, 2.24) is 30.1 Å². The number of hydrogen-bond acceptors (Lipinski definition) is 6. The number of rotatable bonds is 7. The predicted octanol–water partition coefficient (Wildman–Crippen LogP) is 4.21. The van der Waals surface area contributed by atoms with Crippen molar-refractivity contribution in [1.29, 1.82) is 0 Å². The van der Waals surface area contributed by atoms with Crippen molar-refractivity contribution in [2.24, 2.45) is 5.92 Å². The highest BCUT2D eigenvalue weighted by molar-refractivity contribution is 5.92. The van der Waals surface area contributed by atoms with Gasteiger partial charge in [-0.1, -0.05) is 31.1 Å². The van der Waals surface area contributed by atoms with Gasteiger partial charge in [-0.15, -0.1) is 0 Å². The van der Waals surface area contributed by atoms with Crippen molar-refractivity contribution in [3.63, 3.8) is 0 Å². The predicted molar refractivity (Wildman–Crippen MR) is 120 cm³/mol. The highest BCUT2D eigenvalue weighted by atomic mass is 16.5. The van der Waals surface area contributed by atoms with Crippen molar-refractivity contribution >= 4 is 22.5 Å². The van der Waals surface area contributed by atoms with Gasteiger partial charge in [0.25, 0.3) is 0 Å². The van der Waals surface area contributed by atoms with E-state index in [1.54, 1.807) is 0 Å². The summed E-state index contributed by atoms with van der Waals surface area (Å²) in [5.41, 5.74) is 4.77. The average molecular weight is 433 g/mol. The van der Waals surface area contributed by atoms with E-state index in [4.69, 9.17) is 14.6 Å². The van der Waals surface area contributed by atoms with Crippen LogP contribution in [0.2, 0.25) is 0 Å². The summed E-state index contributed by atoms with van der Waals surface area (Å²) in [6.45, 7) is 8.12. The number of hydrogen-bond donors (Lipinski definition) is 1. The van der Waals surface area contributed by atoms with E-state index in [2.05, 4.69) is 15.5 Å². The van der Waals surface area contributed by atoms with Crippen LogP contribution in [-0.4, -0.2) is 30.6 Å². The molecule has 1 aliphatic carbocycles. The largest absolute Gasteiger partial charge is 0.344 e. The number of nitrogens with one attached hydrogen (secondary N) is 1. The fraction of sp³-hybridized carbons (Fsp3) is 0.458. The number of carbonyl (C=O) groups excluding carboxylic acids is 1. The normalized spacial score (nSPS) is 15.0. The van der Waals surface area contributed by atoms with Crippen molar-refractivity contribution in [3.8, 4) is 0 Å². The van der Waals surface area contributed by atoms with Crippen LogP contribution < -0.4 is 5.32 Å². The number of aromatic nitrogens is 5. The Bertz CT molecular complexity index is 1300. The first-order chi connectivity index (χ1) is 15.4. The van der Waals surface area contributed by atoms with Crippen LogP contribution in [0.25, 0.3) is 16.6 Å². The lowest BCUT2D eigenvalue weighted by atomic mass is 10.0. The number of fused-ring (bicyclic) bond motifs is 3. The molecule has 1 amide bonds. The topological polar surface area (TPSA) is 98.2 Å².